The molecule has 2 aromatic rings. The van der Waals surface area contributed by atoms with Gasteiger partial charge in [0.05, 0.1) is 32.4 Å². The molecule has 5 heterocycles. The second kappa shape index (κ2) is 13.4. The van der Waals surface area contributed by atoms with Gasteiger partial charge in [-0.2, -0.15) is 0 Å². The molecule has 0 unspecified atom stereocenters. The number of carbonyl (C=O) groups excluding carboxylic acids is 1. The number of ether oxygens (including phenoxy) is 7. The van der Waals surface area contributed by atoms with E-state index in [4.69, 9.17) is 38.3 Å². The van der Waals surface area contributed by atoms with Gasteiger partial charge in [-0.15, -0.1) is 0 Å². The summed E-state index contributed by atoms with van der Waals surface area (Å²) in [6.07, 6.45) is -5.29. The fourth-order valence-electron chi connectivity index (χ4n) is 6.95. The van der Waals surface area contributed by atoms with E-state index in [1.54, 1.807) is 32.6 Å². The normalized spacial score (nSPS) is 27.8. The lowest BCUT2D eigenvalue weighted by molar-refractivity contribution is -0.291. The number of carbonyl (C=O) groups is 2. The summed E-state index contributed by atoms with van der Waals surface area (Å²) in [5, 5.41) is 44.0. The van der Waals surface area contributed by atoms with Crippen molar-refractivity contribution < 1.29 is 63.2 Å². The zero-order valence-electron chi connectivity index (χ0n) is 27.3. The number of aliphatic hydroxyl groups is 3. The highest BCUT2D eigenvalue weighted by molar-refractivity contribution is 5.90. The number of aliphatic imine (C=N–C) groups is 1. The number of hydrogen-bond donors (Lipinski definition) is 5. The van der Waals surface area contributed by atoms with Gasteiger partial charge in [0, 0.05) is 48.3 Å². The Balaban J connectivity index is 1.20. The second-order valence-electron chi connectivity index (χ2n) is 12.4. The third-order valence-corrected chi connectivity index (χ3v) is 9.31. The summed E-state index contributed by atoms with van der Waals surface area (Å²) in [7, 11) is 4.50. The van der Waals surface area contributed by atoms with Gasteiger partial charge in [-0.3, -0.25) is 19.9 Å². The van der Waals surface area contributed by atoms with E-state index in [0.29, 0.717) is 36.1 Å². The summed E-state index contributed by atoms with van der Waals surface area (Å²) >= 11 is 0. The van der Waals surface area contributed by atoms with Gasteiger partial charge >= 0.3 is 11.9 Å². The Hall–Kier alpha value is -4.87. The minimum atomic E-state index is -1.77. The molecule has 0 spiro atoms. The Labute approximate surface area is 286 Å². The summed E-state index contributed by atoms with van der Waals surface area (Å²) < 4.78 is 41.3. The van der Waals surface area contributed by atoms with Crippen molar-refractivity contribution in [2.24, 2.45) is 4.99 Å². The molecule has 5 aliphatic rings. The van der Waals surface area contributed by atoms with E-state index < -0.39 is 61.4 Å². The number of fused-ring (bicyclic) bond motifs is 6. The molecular formula is C34H37N3O13. The summed E-state index contributed by atoms with van der Waals surface area (Å²) in [5.41, 5.74) is 4.45. The Kier molecular flexibility index (Phi) is 9.04. The van der Waals surface area contributed by atoms with Gasteiger partial charge in [0.1, 0.15) is 48.4 Å². The molecule has 8 atom stereocenters. The first-order chi connectivity index (χ1) is 24.1. The third kappa shape index (κ3) is 5.98. The van der Waals surface area contributed by atoms with E-state index in [2.05, 4.69) is 15.2 Å². The van der Waals surface area contributed by atoms with Gasteiger partial charge in [-0.05, 0) is 30.8 Å². The average Bonchev–Trinajstić information content (AvgIpc) is 3.80. The quantitative estimate of drug-likeness (QED) is 0.125. The molecule has 266 valence electrons. The number of benzene rings is 2. The fourth-order valence-corrected chi connectivity index (χ4v) is 6.95. The first-order valence-corrected chi connectivity index (χ1v) is 16.0. The van der Waals surface area contributed by atoms with E-state index in [1.165, 1.54) is 7.05 Å². The molecular weight excluding hydrogens is 658 g/mol. The lowest BCUT2D eigenvalue weighted by Gasteiger charge is -2.42. The number of hydrogen-bond acceptors (Lipinski definition) is 15. The van der Waals surface area contributed by atoms with Crippen molar-refractivity contribution in [1.82, 2.24) is 10.2 Å². The van der Waals surface area contributed by atoms with Gasteiger partial charge in [0.25, 0.3) is 0 Å². The van der Waals surface area contributed by atoms with E-state index >= 15 is 0 Å². The van der Waals surface area contributed by atoms with Crippen molar-refractivity contribution in [2.45, 2.75) is 61.9 Å². The van der Waals surface area contributed by atoms with Crippen LogP contribution in [0.1, 0.15) is 35.1 Å². The van der Waals surface area contributed by atoms with Crippen molar-refractivity contribution in [3.05, 3.63) is 64.5 Å². The molecule has 0 amide bonds. The summed E-state index contributed by atoms with van der Waals surface area (Å²) in [5.74, 6) is -0.393. The van der Waals surface area contributed by atoms with Crippen LogP contribution in [0.15, 0.2) is 52.8 Å². The zero-order valence-corrected chi connectivity index (χ0v) is 27.3. The molecule has 0 radical (unpaired) electrons. The number of allylic oxidation sites excluding steroid dienone is 1. The van der Waals surface area contributed by atoms with Gasteiger partial charge in [0.2, 0.25) is 12.0 Å². The molecule has 5 aliphatic heterocycles. The molecule has 16 nitrogen and oxygen atoms in total. The molecule has 7 rings (SSSR count). The fraction of sp³-hybridized carbons (Fsp3) is 0.441. The minimum Gasteiger partial charge on any atom is -0.493 e. The van der Waals surface area contributed by atoms with Gasteiger partial charge in [-0.25, -0.2) is 0 Å². The van der Waals surface area contributed by atoms with E-state index in [-0.39, 0.29) is 18.3 Å². The highest BCUT2D eigenvalue weighted by Gasteiger charge is 2.49. The number of likely N-dealkylation sites (N-methyl/N-ethyl adjacent to an activating group) is 1. The lowest BCUT2D eigenvalue weighted by atomic mass is 9.86. The first kappa shape index (κ1) is 33.6. The largest absolute Gasteiger partial charge is 0.493 e. The molecule has 0 saturated carbocycles. The van der Waals surface area contributed by atoms with Crippen LogP contribution in [-0.2, 0) is 25.6 Å². The first-order valence-electron chi connectivity index (χ1n) is 16.0. The molecule has 0 aromatic heterocycles. The van der Waals surface area contributed by atoms with E-state index in [1.807, 2.05) is 24.4 Å². The van der Waals surface area contributed by atoms with Crippen molar-refractivity contribution in [1.29, 1.82) is 0 Å². The average molecular weight is 696 g/mol. The maximum absolute atomic E-state index is 12.1. The Morgan fingerprint density at radius 1 is 1.12 bits per heavy atom. The second-order valence-corrected chi connectivity index (χ2v) is 12.4. The number of nitrogens with one attached hydrogen (secondary N) is 1. The highest BCUT2D eigenvalue weighted by atomic mass is 16.7. The van der Waals surface area contributed by atoms with Crippen molar-refractivity contribution in [3.63, 3.8) is 0 Å². The number of rotatable bonds is 11. The molecule has 2 aromatic carbocycles. The monoisotopic (exact) mass is 695 g/mol. The lowest BCUT2D eigenvalue weighted by Crippen LogP contribution is -2.64. The molecule has 1 fully saturated rings. The molecule has 0 aliphatic carbocycles. The Morgan fingerprint density at radius 2 is 1.94 bits per heavy atom. The number of carboxylic acid groups (broad SMARTS) is 1. The SMILES string of the molecule is CN[C@H](OC(=O)CC(=O)O)[C@H]1O[C@@H](Oc2cc(CN3C=C4N=CC=C4C3)c3c(c2)OC[C@H]2c4ccc(OC)c(OC)c4O[C@@H]32)[C@H](O)[C@@H](O)[C@@H]1O. The standard InChI is InChI=1S/C34H37N3O13/c1-35-33(48-24(40)10-23(38)39)32-27(42)26(41)28(43)34(50-32)47-17-8-16(12-37-11-15-6-7-36-20(15)13-37)25-22(9-17)46-14-19-18-4-5-21(44-2)31(45-3)30(18)49-29(19)25/h4-9,13,19,26-29,32-35,41-43H,10-12,14H2,1-3H3,(H,38,39)/t19-,26-,27-,28+,29+,32-,33+,34+/m0/s1. The highest BCUT2D eigenvalue weighted by Crippen LogP contribution is 2.57. The van der Waals surface area contributed by atoms with Crippen LogP contribution in [0.4, 0.5) is 0 Å². The van der Waals surface area contributed by atoms with Crippen LogP contribution >= 0.6 is 0 Å². The predicted octanol–water partition coefficient (Wildman–Crippen LogP) is 0.731. The topological polar surface area (TPSA) is 207 Å². The summed E-state index contributed by atoms with van der Waals surface area (Å²) in [6, 6.07) is 7.18. The molecule has 0 bridgehead atoms. The van der Waals surface area contributed by atoms with Crippen LogP contribution in [0, 0.1) is 0 Å². The maximum Gasteiger partial charge on any atom is 0.318 e. The van der Waals surface area contributed by atoms with E-state index in [9.17, 15) is 24.9 Å². The molecule has 1 saturated heterocycles. The Morgan fingerprint density at radius 3 is 2.66 bits per heavy atom. The summed E-state index contributed by atoms with van der Waals surface area (Å²) in [4.78, 5) is 29.6. The number of aliphatic carboxylic acids is 1. The number of carboxylic acids is 1. The Bertz CT molecular complexity index is 1780. The molecule has 16 heteroatoms. The van der Waals surface area contributed by atoms with Crippen LogP contribution in [0.2, 0.25) is 0 Å². The summed E-state index contributed by atoms with van der Waals surface area (Å²) in [6.45, 7) is 1.31. The predicted molar refractivity (Wildman–Crippen MR) is 171 cm³/mol. The van der Waals surface area contributed by atoms with Gasteiger partial charge in [0.15, 0.2) is 17.7 Å². The zero-order chi connectivity index (χ0) is 35.3. The van der Waals surface area contributed by atoms with Crippen LogP contribution < -0.4 is 29.0 Å². The smallest absolute Gasteiger partial charge is 0.318 e. The minimum absolute atomic E-state index is 0.158. The molecule has 5 N–H and O–H groups in total. The van der Waals surface area contributed by atoms with Gasteiger partial charge < -0.3 is 58.5 Å². The number of esters is 1. The van der Waals surface area contributed by atoms with Gasteiger partial charge in [-0.1, -0.05) is 6.07 Å². The van der Waals surface area contributed by atoms with Crippen molar-refractivity contribution in [2.75, 3.05) is 34.4 Å². The third-order valence-electron chi connectivity index (χ3n) is 9.31. The number of aliphatic hydroxyl groups excluding tert-OH is 3. The molecule has 50 heavy (non-hydrogen) atoms. The van der Waals surface area contributed by atoms with Crippen molar-refractivity contribution in [3.8, 4) is 28.7 Å². The van der Waals surface area contributed by atoms with Crippen LogP contribution in [-0.4, -0.2) is 115 Å². The van der Waals surface area contributed by atoms with Crippen LogP contribution in [0.25, 0.3) is 0 Å². The van der Waals surface area contributed by atoms with E-state index in [0.717, 1.165) is 28.0 Å². The van der Waals surface area contributed by atoms with Crippen molar-refractivity contribution >= 4 is 18.2 Å². The maximum atomic E-state index is 12.1. The number of methoxy groups -OCH3 is 2. The van der Waals surface area contributed by atoms with Crippen LogP contribution in [0.3, 0.4) is 0 Å². The number of nitrogens with zero attached hydrogens (tertiary/aromatic N) is 2. The van der Waals surface area contributed by atoms with Crippen LogP contribution in [0.5, 0.6) is 28.7 Å².